The van der Waals surface area contributed by atoms with E-state index in [0.717, 1.165) is 22.0 Å². The van der Waals surface area contributed by atoms with Gasteiger partial charge in [-0.1, -0.05) is 42.5 Å². The number of hydrogen-bond donors (Lipinski definition) is 1. The van der Waals surface area contributed by atoms with E-state index in [9.17, 15) is 9.90 Å². The molecular weight excluding hydrogens is 324 g/mol. The normalized spacial score (nSPS) is 16.6. The number of carbonyl (C=O) groups is 1. The Morgan fingerprint density at radius 1 is 1.08 bits per heavy atom. The van der Waals surface area contributed by atoms with E-state index in [0.29, 0.717) is 31.5 Å². The summed E-state index contributed by atoms with van der Waals surface area (Å²) >= 11 is 0. The molecule has 1 amide bonds. The van der Waals surface area contributed by atoms with Gasteiger partial charge in [0, 0.05) is 24.7 Å². The summed E-state index contributed by atoms with van der Waals surface area (Å²) in [6.07, 6.45) is 2.74. The molecule has 4 nitrogen and oxygen atoms in total. The fourth-order valence-electron chi connectivity index (χ4n) is 3.65. The van der Waals surface area contributed by atoms with Crippen LogP contribution in [0.25, 0.3) is 10.9 Å². The monoisotopic (exact) mass is 346 g/mol. The zero-order valence-electron chi connectivity index (χ0n) is 14.9. The standard InChI is InChI=1S/C22H22N2O2/c1-16-7-8-17-14-18(15-23-20(17)13-16)21(25)24-11-9-22(26,10-12-24)19-5-3-2-4-6-19/h2-8,13-15,26H,9-12H2,1H3. The number of likely N-dealkylation sites (tertiary alicyclic amines) is 1. The van der Waals surface area contributed by atoms with E-state index < -0.39 is 5.60 Å². The van der Waals surface area contributed by atoms with Crippen LogP contribution in [0.5, 0.6) is 0 Å². The number of aromatic nitrogens is 1. The second kappa shape index (κ2) is 6.54. The second-order valence-corrected chi connectivity index (χ2v) is 7.11. The zero-order chi connectivity index (χ0) is 18.1. The van der Waals surface area contributed by atoms with Crippen LogP contribution in [0.15, 0.2) is 60.8 Å². The van der Waals surface area contributed by atoms with Gasteiger partial charge in [-0.2, -0.15) is 0 Å². The third-order valence-electron chi connectivity index (χ3n) is 5.28. The van der Waals surface area contributed by atoms with Crippen LogP contribution < -0.4 is 0 Å². The van der Waals surface area contributed by atoms with Gasteiger partial charge in [-0.25, -0.2) is 0 Å². The molecule has 4 heteroatoms. The molecule has 0 radical (unpaired) electrons. The van der Waals surface area contributed by atoms with Gasteiger partial charge in [-0.15, -0.1) is 0 Å². The predicted molar refractivity (Wildman–Crippen MR) is 102 cm³/mol. The van der Waals surface area contributed by atoms with Gasteiger partial charge in [0.15, 0.2) is 0 Å². The molecule has 0 atom stereocenters. The Morgan fingerprint density at radius 3 is 2.54 bits per heavy atom. The Kier molecular flexibility index (Phi) is 4.21. The van der Waals surface area contributed by atoms with Gasteiger partial charge in [0.25, 0.3) is 5.91 Å². The van der Waals surface area contributed by atoms with Crippen LogP contribution in [0.2, 0.25) is 0 Å². The minimum absolute atomic E-state index is 0.0184. The van der Waals surface area contributed by atoms with E-state index in [2.05, 4.69) is 4.98 Å². The van der Waals surface area contributed by atoms with Crippen LogP contribution in [-0.2, 0) is 5.60 Å². The number of aliphatic hydroxyl groups is 1. The van der Waals surface area contributed by atoms with Crippen LogP contribution in [0.4, 0.5) is 0 Å². The van der Waals surface area contributed by atoms with Crippen molar-refractivity contribution < 1.29 is 9.90 Å². The number of carbonyl (C=O) groups excluding carboxylic acids is 1. The minimum Gasteiger partial charge on any atom is -0.385 e. The van der Waals surface area contributed by atoms with Gasteiger partial charge in [0.2, 0.25) is 0 Å². The van der Waals surface area contributed by atoms with E-state index in [1.54, 1.807) is 6.20 Å². The maximum atomic E-state index is 12.9. The number of benzene rings is 2. The quantitative estimate of drug-likeness (QED) is 0.770. The van der Waals surface area contributed by atoms with Gasteiger partial charge < -0.3 is 10.0 Å². The van der Waals surface area contributed by atoms with Crippen molar-refractivity contribution in [2.45, 2.75) is 25.4 Å². The first-order valence-electron chi connectivity index (χ1n) is 8.99. The third kappa shape index (κ3) is 3.08. The van der Waals surface area contributed by atoms with Gasteiger partial charge in [-0.3, -0.25) is 9.78 Å². The van der Waals surface area contributed by atoms with Crippen molar-refractivity contribution in [2.75, 3.05) is 13.1 Å². The summed E-state index contributed by atoms with van der Waals surface area (Å²) in [7, 11) is 0. The summed E-state index contributed by atoms with van der Waals surface area (Å²) in [6, 6.07) is 17.7. The molecule has 1 N–H and O–H groups in total. The SMILES string of the molecule is Cc1ccc2cc(C(=O)N3CCC(O)(c4ccccc4)CC3)cnc2c1. The molecule has 4 rings (SSSR count). The minimum atomic E-state index is -0.850. The van der Waals surface area contributed by atoms with Crippen molar-refractivity contribution in [1.82, 2.24) is 9.88 Å². The lowest BCUT2D eigenvalue weighted by molar-refractivity contribution is -0.0211. The molecule has 0 unspecified atom stereocenters. The van der Waals surface area contributed by atoms with Crippen molar-refractivity contribution in [2.24, 2.45) is 0 Å². The van der Waals surface area contributed by atoms with Crippen LogP contribution in [-0.4, -0.2) is 34.0 Å². The van der Waals surface area contributed by atoms with E-state index in [1.807, 2.05) is 66.4 Å². The Hall–Kier alpha value is -2.72. The highest BCUT2D eigenvalue weighted by atomic mass is 16.3. The van der Waals surface area contributed by atoms with E-state index in [4.69, 9.17) is 0 Å². The smallest absolute Gasteiger partial charge is 0.255 e. The molecule has 2 aromatic carbocycles. The van der Waals surface area contributed by atoms with Gasteiger partial charge in [-0.05, 0) is 43.0 Å². The van der Waals surface area contributed by atoms with Crippen LogP contribution in [0.1, 0.15) is 34.3 Å². The lowest BCUT2D eigenvalue weighted by Gasteiger charge is -2.38. The van der Waals surface area contributed by atoms with Crippen molar-refractivity contribution in [3.63, 3.8) is 0 Å². The number of fused-ring (bicyclic) bond motifs is 1. The summed E-state index contributed by atoms with van der Waals surface area (Å²) in [5, 5.41) is 11.9. The predicted octanol–water partition coefficient (Wildman–Crippen LogP) is 3.67. The molecule has 0 aliphatic carbocycles. The topological polar surface area (TPSA) is 53.4 Å². The van der Waals surface area contributed by atoms with Crippen molar-refractivity contribution >= 4 is 16.8 Å². The average molecular weight is 346 g/mol. The Morgan fingerprint density at radius 2 is 1.81 bits per heavy atom. The summed E-state index contributed by atoms with van der Waals surface area (Å²) in [5.74, 6) is -0.0184. The molecule has 2 heterocycles. The first-order chi connectivity index (χ1) is 12.5. The van der Waals surface area contributed by atoms with Crippen LogP contribution in [0, 0.1) is 6.92 Å². The van der Waals surface area contributed by atoms with Crippen LogP contribution in [0.3, 0.4) is 0 Å². The molecule has 1 saturated heterocycles. The third-order valence-corrected chi connectivity index (χ3v) is 5.28. The number of hydrogen-bond acceptors (Lipinski definition) is 3. The number of piperidine rings is 1. The van der Waals surface area contributed by atoms with Crippen LogP contribution >= 0.6 is 0 Å². The number of amides is 1. The fraction of sp³-hybridized carbons (Fsp3) is 0.273. The molecule has 0 spiro atoms. The Balaban J connectivity index is 1.51. The molecule has 1 aliphatic heterocycles. The maximum Gasteiger partial charge on any atom is 0.255 e. The highest BCUT2D eigenvalue weighted by Crippen LogP contribution is 2.33. The van der Waals surface area contributed by atoms with E-state index in [-0.39, 0.29) is 5.91 Å². The largest absolute Gasteiger partial charge is 0.385 e. The van der Waals surface area contributed by atoms with Gasteiger partial charge >= 0.3 is 0 Å². The average Bonchev–Trinajstić information content (AvgIpc) is 2.68. The van der Waals surface area contributed by atoms with E-state index >= 15 is 0 Å². The number of nitrogens with zero attached hydrogens (tertiary/aromatic N) is 2. The molecule has 3 aromatic rings. The molecular formula is C22H22N2O2. The Labute approximate surface area is 153 Å². The summed E-state index contributed by atoms with van der Waals surface area (Å²) < 4.78 is 0. The first-order valence-corrected chi connectivity index (χ1v) is 8.99. The van der Waals surface area contributed by atoms with Crippen molar-refractivity contribution in [3.8, 4) is 0 Å². The number of rotatable bonds is 2. The molecule has 1 aromatic heterocycles. The number of aryl methyl sites for hydroxylation is 1. The first kappa shape index (κ1) is 16.7. The summed E-state index contributed by atoms with van der Waals surface area (Å²) in [5.41, 5.74) is 2.73. The van der Waals surface area contributed by atoms with Crippen molar-refractivity contribution in [3.05, 3.63) is 77.5 Å². The molecule has 132 valence electrons. The zero-order valence-corrected chi connectivity index (χ0v) is 14.9. The highest BCUT2D eigenvalue weighted by molar-refractivity contribution is 5.97. The molecule has 0 saturated carbocycles. The fourth-order valence-corrected chi connectivity index (χ4v) is 3.65. The Bertz CT molecular complexity index is 945. The molecule has 1 aliphatic rings. The molecule has 0 bridgehead atoms. The lowest BCUT2D eigenvalue weighted by atomic mass is 9.84. The van der Waals surface area contributed by atoms with Gasteiger partial charge in [0.05, 0.1) is 16.7 Å². The summed E-state index contributed by atoms with van der Waals surface area (Å²) in [4.78, 5) is 19.1. The second-order valence-electron chi connectivity index (χ2n) is 7.11. The number of pyridine rings is 1. The lowest BCUT2D eigenvalue weighted by Crippen LogP contribution is -2.45. The maximum absolute atomic E-state index is 12.9. The van der Waals surface area contributed by atoms with E-state index in [1.165, 1.54) is 0 Å². The van der Waals surface area contributed by atoms with Gasteiger partial charge in [0.1, 0.15) is 0 Å². The highest BCUT2D eigenvalue weighted by Gasteiger charge is 2.35. The molecule has 26 heavy (non-hydrogen) atoms. The van der Waals surface area contributed by atoms with Crippen molar-refractivity contribution in [1.29, 1.82) is 0 Å². The summed E-state index contributed by atoms with van der Waals surface area (Å²) in [6.45, 7) is 3.11. The molecule has 1 fully saturated rings.